The first-order valence-electron chi connectivity index (χ1n) is 17.0. The van der Waals surface area contributed by atoms with Gasteiger partial charge in [0.15, 0.2) is 10.3 Å². The second-order valence-electron chi connectivity index (χ2n) is 12.5. The summed E-state index contributed by atoms with van der Waals surface area (Å²) in [4.78, 5) is 75.2. The zero-order valence-electron chi connectivity index (χ0n) is 29.2. The van der Waals surface area contributed by atoms with Crippen LogP contribution >= 0.6 is 22.7 Å². The molecule has 2 aromatic heterocycles. The van der Waals surface area contributed by atoms with Crippen molar-refractivity contribution in [2.75, 3.05) is 9.80 Å². The SMILES string of the molecule is C=C1C=CN(c2nc(-c3ccccc3)c(C(=O)OOC(=O)c3cccc4c3C(=C)C=CN4c3nc(-c4ccccc4)c(C(=O)O)s3)s2)C2=C1CCC=C2C(=O)O. The minimum absolute atomic E-state index is 0.0106. The molecular weight excluding hydrogens is 753 g/mol. The van der Waals surface area contributed by atoms with Crippen LogP contribution in [0.15, 0.2) is 145 Å². The Bertz CT molecular complexity index is 2640. The van der Waals surface area contributed by atoms with Crippen LogP contribution in [-0.4, -0.2) is 44.1 Å². The molecule has 0 bridgehead atoms. The van der Waals surface area contributed by atoms with Crippen molar-refractivity contribution < 1.29 is 39.2 Å². The summed E-state index contributed by atoms with van der Waals surface area (Å²) in [7, 11) is 0. The Hall–Kier alpha value is -7.16. The lowest BCUT2D eigenvalue weighted by molar-refractivity contribution is -0.187. The number of aromatic carboxylic acids is 1. The van der Waals surface area contributed by atoms with E-state index in [1.807, 2.05) is 12.1 Å². The van der Waals surface area contributed by atoms with Crippen molar-refractivity contribution in [2.24, 2.45) is 0 Å². The van der Waals surface area contributed by atoms with Gasteiger partial charge in [0.1, 0.15) is 9.75 Å². The first-order chi connectivity index (χ1) is 27.1. The van der Waals surface area contributed by atoms with Crippen LogP contribution in [-0.2, 0) is 14.6 Å². The van der Waals surface area contributed by atoms with Crippen molar-refractivity contribution in [1.29, 1.82) is 0 Å². The predicted octanol–water partition coefficient (Wildman–Crippen LogP) is 9.19. The molecular formula is C42H28N4O8S2. The summed E-state index contributed by atoms with van der Waals surface area (Å²) in [6.45, 7) is 8.19. The Morgan fingerprint density at radius 2 is 1.27 bits per heavy atom. The average molecular weight is 781 g/mol. The van der Waals surface area contributed by atoms with Crippen molar-refractivity contribution in [3.05, 3.63) is 166 Å². The van der Waals surface area contributed by atoms with Crippen LogP contribution in [0.3, 0.4) is 0 Å². The fourth-order valence-electron chi connectivity index (χ4n) is 6.61. The zero-order chi connectivity index (χ0) is 39.1. The number of carboxylic acids is 2. The lowest BCUT2D eigenvalue weighted by atomic mass is 9.88. The Balaban J connectivity index is 1.09. The highest BCUT2D eigenvalue weighted by Gasteiger charge is 2.34. The number of nitrogens with zero attached hydrogens (tertiary/aromatic N) is 4. The number of rotatable bonds is 8. The number of fused-ring (bicyclic) bond motifs is 1. The lowest BCUT2D eigenvalue weighted by Crippen LogP contribution is -2.26. The van der Waals surface area contributed by atoms with Crippen LogP contribution in [0.2, 0.25) is 0 Å². The van der Waals surface area contributed by atoms with Gasteiger partial charge < -0.3 is 10.2 Å². The molecule has 12 nitrogen and oxygen atoms in total. The number of hydrogen-bond acceptors (Lipinski definition) is 12. The third kappa shape index (κ3) is 6.42. The second-order valence-corrected chi connectivity index (χ2v) is 14.5. The number of thiazole rings is 2. The van der Waals surface area contributed by atoms with E-state index in [9.17, 15) is 29.4 Å². The monoisotopic (exact) mass is 780 g/mol. The van der Waals surface area contributed by atoms with Gasteiger partial charge in [0, 0.05) is 29.1 Å². The summed E-state index contributed by atoms with van der Waals surface area (Å²) in [5.41, 5.74) is 5.06. The molecule has 4 heterocycles. The van der Waals surface area contributed by atoms with Gasteiger partial charge in [-0.2, -0.15) is 0 Å². The number of carbonyl (C=O) groups is 4. The molecule has 3 aromatic carbocycles. The van der Waals surface area contributed by atoms with E-state index in [1.165, 1.54) is 6.07 Å². The van der Waals surface area contributed by atoms with Gasteiger partial charge in [-0.15, -0.1) is 0 Å². The Kier molecular flexibility index (Phi) is 9.33. The fraction of sp³-hybridized carbons (Fsp3) is 0.0476. The highest BCUT2D eigenvalue weighted by molar-refractivity contribution is 7.18. The van der Waals surface area contributed by atoms with Gasteiger partial charge in [-0.3, -0.25) is 9.80 Å². The molecule has 0 saturated heterocycles. The van der Waals surface area contributed by atoms with E-state index in [2.05, 4.69) is 18.1 Å². The highest BCUT2D eigenvalue weighted by Crippen LogP contribution is 2.44. The standard InChI is InChI=1S/C42H28N4O8S2/c1-23-19-22-46(34-27(23)15-9-17-29(34)37(47)48)42-44-33(26-13-7-4-8-14-26)36(56-42)40(52)54-53-39(51)28-16-10-18-30-31(28)24(2)20-21-45(30)41-43-32(35(55-41)38(49)50)25-11-5-3-6-12-25/h3-8,10-14,16-22H,1-2,9,15H2,(H,47,48)(H,49,50). The van der Waals surface area contributed by atoms with Gasteiger partial charge in [0.2, 0.25) is 0 Å². The Morgan fingerprint density at radius 1 is 0.679 bits per heavy atom. The maximum absolute atomic E-state index is 13.8. The molecule has 0 spiro atoms. The van der Waals surface area contributed by atoms with Crippen LogP contribution in [0, 0.1) is 0 Å². The summed E-state index contributed by atoms with van der Waals surface area (Å²) in [5.74, 6) is -4.22. The third-order valence-electron chi connectivity index (χ3n) is 9.15. The predicted molar refractivity (Wildman–Crippen MR) is 212 cm³/mol. The second kappa shape index (κ2) is 14.6. The van der Waals surface area contributed by atoms with E-state index in [1.54, 1.807) is 101 Å². The maximum Gasteiger partial charge on any atom is 0.398 e. The summed E-state index contributed by atoms with van der Waals surface area (Å²) in [6.07, 6.45) is 9.53. The van der Waals surface area contributed by atoms with Crippen molar-refractivity contribution in [3.8, 4) is 22.5 Å². The van der Waals surface area contributed by atoms with Gasteiger partial charge in [0.05, 0.1) is 33.9 Å². The maximum atomic E-state index is 13.8. The van der Waals surface area contributed by atoms with Crippen molar-refractivity contribution in [1.82, 2.24) is 9.97 Å². The summed E-state index contributed by atoms with van der Waals surface area (Å²) in [6, 6.07) is 22.7. The first-order valence-corrected chi connectivity index (χ1v) is 18.7. The van der Waals surface area contributed by atoms with Crippen LogP contribution < -0.4 is 9.80 Å². The number of allylic oxidation sites excluding steroid dienone is 6. The molecule has 56 heavy (non-hydrogen) atoms. The van der Waals surface area contributed by atoms with Crippen LogP contribution in [0.1, 0.15) is 48.1 Å². The molecule has 5 aromatic rings. The number of carbonyl (C=O) groups excluding carboxylic acids is 2. The molecule has 0 amide bonds. The molecule has 276 valence electrons. The van der Waals surface area contributed by atoms with Gasteiger partial charge in [-0.05, 0) is 53.8 Å². The van der Waals surface area contributed by atoms with E-state index in [-0.39, 0.29) is 31.7 Å². The number of carboxylic acid groups (broad SMARTS) is 2. The molecule has 0 radical (unpaired) electrons. The number of anilines is 3. The van der Waals surface area contributed by atoms with E-state index in [4.69, 9.17) is 14.8 Å². The molecule has 0 unspecified atom stereocenters. The van der Waals surface area contributed by atoms with Gasteiger partial charge in [-0.25, -0.2) is 38.9 Å². The van der Waals surface area contributed by atoms with Gasteiger partial charge in [0.25, 0.3) is 0 Å². The van der Waals surface area contributed by atoms with Crippen LogP contribution in [0.25, 0.3) is 28.1 Å². The van der Waals surface area contributed by atoms with Gasteiger partial charge in [-0.1, -0.05) is 109 Å². The molecule has 2 N–H and O–H groups in total. The number of benzene rings is 3. The lowest BCUT2D eigenvalue weighted by Gasteiger charge is -2.31. The third-order valence-corrected chi connectivity index (χ3v) is 11.2. The van der Waals surface area contributed by atoms with E-state index < -0.39 is 23.9 Å². The topological polar surface area (TPSA) is 159 Å². The van der Waals surface area contributed by atoms with Crippen molar-refractivity contribution in [2.45, 2.75) is 12.8 Å². The van der Waals surface area contributed by atoms with E-state index >= 15 is 0 Å². The molecule has 0 atom stereocenters. The normalized spacial score (nSPS) is 14.6. The number of aromatic nitrogens is 2. The molecule has 8 rings (SSSR count). The Morgan fingerprint density at radius 3 is 1.93 bits per heavy atom. The van der Waals surface area contributed by atoms with Crippen molar-refractivity contribution in [3.63, 3.8) is 0 Å². The van der Waals surface area contributed by atoms with Crippen LogP contribution in [0.4, 0.5) is 16.0 Å². The minimum Gasteiger partial charge on any atom is -0.478 e. The smallest absolute Gasteiger partial charge is 0.398 e. The fourth-order valence-corrected chi connectivity index (χ4v) is 8.48. The summed E-state index contributed by atoms with van der Waals surface area (Å²) >= 11 is 1.92. The molecule has 0 saturated carbocycles. The quantitative estimate of drug-likeness (QED) is 0.114. The first kappa shape index (κ1) is 35.8. The van der Waals surface area contributed by atoms with Gasteiger partial charge >= 0.3 is 23.9 Å². The number of hydrogen-bond donors (Lipinski definition) is 2. The number of aliphatic carboxylic acids is 1. The van der Waals surface area contributed by atoms with Crippen LogP contribution in [0.5, 0.6) is 0 Å². The van der Waals surface area contributed by atoms with Crippen molar-refractivity contribution >= 4 is 68.1 Å². The zero-order valence-corrected chi connectivity index (χ0v) is 30.8. The van der Waals surface area contributed by atoms with E-state index in [0.717, 1.165) is 28.2 Å². The molecule has 1 aliphatic carbocycles. The summed E-state index contributed by atoms with van der Waals surface area (Å²) in [5, 5.41) is 20.7. The largest absolute Gasteiger partial charge is 0.478 e. The highest BCUT2D eigenvalue weighted by atomic mass is 32.1. The minimum atomic E-state index is -1.13. The molecule has 3 aliphatic rings. The Labute approximate surface area is 327 Å². The molecule has 14 heteroatoms. The van der Waals surface area contributed by atoms with E-state index in [0.29, 0.717) is 62.9 Å². The average Bonchev–Trinajstić information content (AvgIpc) is 3.87. The molecule has 0 fully saturated rings. The summed E-state index contributed by atoms with van der Waals surface area (Å²) < 4.78 is 0. The molecule has 2 aliphatic heterocycles.